The summed E-state index contributed by atoms with van der Waals surface area (Å²) in [6.07, 6.45) is 6.44. The minimum atomic E-state index is -3.51. The van der Waals surface area contributed by atoms with E-state index in [1.54, 1.807) is 4.90 Å². The third-order valence-electron chi connectivity index (χ3n) is 3.51. The highest BCUT2D eigenvalue weighted by Gasteiger charge is 2.22. The van der Waals surface area contributed by atoms with Gasteiger partial charge in [0.25, 0.3) is 5.16 Å². The molecule has 0 aliphatic rings. The number of nitrogens with zero attached hydrogens (tertiary/aromatic N) is 4. The first-order valence-electron chi connectivity index (χ1n) is 8.39. The molecule has 0 saturated carbocycles. The fourth-order valence-electron chi connectivity index (χ4n) is 2.18. The van der Waals surface area contributed by atoms with Crippen LogP contribution in [-0.2, 0) is 9.84 Å². The molecule has 0 saturated heterocycles. The second-order valence-corrected chi connectivity index (χ2v) is 7.62. The van der Waals surface area contributed by atoms with Crippen molar-refractivity contribution in [3.05, 3.63) is 6.33 Å². The Labute approximate surface area is 139 Å². The fourth-order valence-corrected chi connectivity index (χ4v) is 3.45. The van der Waals surface area contributed by atoms with E-state index in [4.69, 9.17) is 0 Å². The van der Waals surface area contributed by atoms with Crippen LogP contribution in [0.4, 0.5) is 4.79 Å². The number of unbranched alkanes of at least 4 members (excludes halogenated alkanes) is 3. The number of sulfone groups is 1. The van der Waals surface area contributed by atoms with Crippen LogP contribution in [0.3, 0.4) is 0 Å². The topological polar surface area (TPSA) is 85.2 Å². The van der Waals surface area contributed by atoms with Gasteiger partial charge in [0.2, 0.25) is 9.84 Å². The molecule has 0 atom stereocenters. The predicted molar refractivity (Wildman–Crippen MR) is 89.2 cm³/mol. The summed E-state index contributed by atoms with van der Waals surface area (Å²) in [6.45, 7) is 7.31. The highest BCUT2D eigenvalue weighted by molar-refractivity contribution is 7.91. The van der Waals surface area contributed by atoms with Crippen molar-refractivity contribution in [1.82, 2.24) is 19.7 Å². The molecule has 0 radical (unpaired) electrons. The van der Waals surface area contributed by atoms with E-state index < -0.39 is 9.84 Å². The summed E-state index contributed by atoms with van der Waals surface area (Å²) in [6, 6.07) is -0.313. The molecule has 23 heavy (non-hydrogen) atoms. The maximum Gasteiger partial charge on any atom is 0.346 e. The van der Waals surface area contributed by atoms with Gasteiger partial charge in [0.15, 0.2) is 0 Å². The molecular weight excluding hydrogens is 316 g/mol. The SMILES string of the molecule is CCCCCN(CCC)C(=O)n1cnc(S(=O)(=O)CCCC)n1. The van der Waals surface area contributed by atoms with Crippen LogP contribution >= 0.6 is 0 Å². The van der Waals surface area contributed by atoms with Crippen LogP contribution in [-0.4, -0.2) is 53.0 Å². The Morgan fingerprint density at radius 1 is 1.09 bits per heavy atom. The maximum atomic E-state index is 12.5. The van der Waals surface area contributed by atoms with E-state index in [9.17, 15) is 13.2 Å². The average molecular weight is 344 g/mol. The second kappa shape index (κ2) is 9.64. The molecular formula is C15H28N4O3S. The Balaban J connectivity index is 2.82. The Morgan fingerprint density at radius 3 is 2.39 bits per heavy atom. The minimum Gasteiger partial charge on any atom is -0.323 e. The van der Waals surface area contributed by atoms with E-state index in [0.29, 0.717) is 19.5 Å². The van der Waals surface area contributed by atoms with Crippen LogP contribution in [0, 0.1) is 0 Å². The zero-order valence-electron chi connectivity index (χ0n) is 14.4. The first-order chi connectivity index (χ1) is 11.0. The number of aromatic nitrogens is 3. The molecule has 8 heteroatoms. The van der Waals surface area contributed by atoms with Crippen LogP contribution < -0.4 is 0 Å². The molecule has 0 aliphatic heterocycles. The van der Waals surface area contributed by atoms with Gasteiger partial charge in [-0.05, 0) is 19.3 Å². The third-order valence-corrected chi connectivity index (χ3v) is 5.08. The highest BCUT2D eigenvalue weighted by atomic mass is 32.2. The zero-order valence-corrected chi connectivity index (χ0v) is 15.2. The van der Waals surface area contributed by atoms with E-state index in [-0.39, 0.29) is 16.9 Å². The molecule has 0 unspecified atom stereocenters. The van der Waals surface area contributed by atoms with E-state index >= 15 is 0 Å². The molecule has 0 bridgehead atoms. The monoisotopic (exact) mass is 344 g/mol. The van der Waals surface area contributed by atoms with Crippen LogP contribution in [0.15, 0.2) is 11.5 Å². The summed E-state index contributed by atoms with van der Waals surface area (Å²) in [4.78, 5) is 18.0. The molecule has 7 nitrogen and oxygen atoms in total. The van der Waals surface area contributed by atoms with Crippen LogP contribution in [0.5, 0.6) is 0 Å². The lowest BCUT2D eigenvalue weighted by molar-refractivity contribution is 0.194. The molecule has 132 valence electrons. The van der Waals surface area contributed by atoms with Gasteiger partial charge in [-0.3, -0.25) is 0 Å². The summed E-state index contributed by atoms with van der Waals surface area (Å²) >= 11 is 0. The number of hydrogen-bond donors (Lipinski definition) is 0. The smallest absolute Gasteiger partial charge is 0.323 e. The largest absolute Gasteiger partial charge is 0.346 e. The summed E-state index contributed by atoms with van der Waals surface area (Å²) in [7, 11) is -3.51. The first-order valence-corrected chi connectivity index (χ1v) is 10.0. The van der Waals surface area contributed by atoms with Crippen LogP contribution in [0.25, 0.3) is 0 Å². The minimum absolute atomic E-state index is 0.0108. The molecule has 0 fully saturated rings. The predicted octanol–water partition coefficient (Wildman–Crippen LogP) is 2.72. The van der Waals surface area contributed by atoms with E-state index in [2.05, 4.69) is 17.0 Å². The molecule has 1 heterocycles. The number of carbonyl (C=O) groups excluding carboxylic acids is 1. The normalized spacial score (nSPS) is 11.6. The quantitative estimate of drug-likeness (QED) is 0.609. The number of hydrogen-bond acceptors (Lipinski definition) is 5. The van der Waals surface area contributed by atoms with Crippen molar-refractivity contribution >= 4 is 15.9 Å². The van der Waals surface area contributed by atoms with Crippen molar-refractivity contribution < 1.29 is 13.2 Å². The Hall–Kier alpha value is -1.44. The van der Waals surface area contributed by atoms with Gasteiger partial charge >= 0.3 is 6.03 Å². The van der Waals surface area contributed by atoms with Gasteiger partial charge in [0, 0.05) is 13.1 Å². The number of rotatable bonds is 10. The first kappa shape index (κ1) is 19.6. The summed E-state index contributed by atoms with van der Waals surface area (Å²) in [5.74, 6) is 0.0108. The fraction of sp³-hybridized carbons (Fsp3) is 0.800. The van der Waals surface area contributed by atoms with Gasteiger partial charge < -0.3 is 4.90 Å². The number of carbonyl (C=O) groups is 1. The number of amides is 1. The van der Waals surface area contributed by atoms with Gasteiger partial charge in [-0.25, -0.2) is 18.2 Å². The summed E-state index contributed by atoms with van der Waals surface area (Å²) in [5.41, 5.74) is 0. The molecule has 1 amide bonds. The van der Waals surface area contributed by atoms with Crippen molar-refractivity contribution in [2.75, 3.05) is 18.8 Å². The molecule has 0 N–H and O–H groups in total. The molecule has 1 aromatic heterocycles. The lowest BCUT2D eigenvalue weighted by Gasteiger charge is -2.21. The molecule has 0 spiro atoms. The molecule has 1 rings (SSSR count). The van der Waals surface area contributed by atoms with Crippen LogP contribution in [0.2, 0.25) is 0 Å². The van der Waals surface area contributed by atoms with Gasteiger partial charge in [-0.1, -0.05) is 40.0 Å². The summed E-state index contributed by atoms with van der Waals surface area (Å²) < 4.78 is 25.2. The van der Waals surface area contributed by atoms with Crippen molar-refractivity contribution in [3.8, 4) is 0 Å². The van der Waals surface area contributed by atoms with Gasteiger partial charge in [0.1, 0.15) is 6.33 Å². The van der Waals surface area contributed by atoms with Crippen LogP contribution in [0.1, 0.15) is 59.3 Å². The van der Waals surface area contributed by atoms with E-state index in [0.717, 1.165) is 36.8 Å². The maximum absolute atomic E-state index is 12.5. The Bertz CT molecular complexity index is 583. The second-order valence-electron chi connectivity index (χ2n) is 5.62. The lowest BCUT2D eigenvalue weighted by Crippen LogP contribution is -2.36. The molecule has 0 aromatic carbocycles. The highest BCUT2D eigenvalue weighted by Crippen LogP contribution is 2.08. The zero-order chi connectivity index (χ0) is 17.3. The third kappa shape index (κ3) is 5.93. The average Bonchev–Trinajstić information content (AvgIpc) is 3.02. The van der Waals surface area contributed by atoms with Crippen molar-refractivity contribution in [2.24, 2.45) is 0 Å². The lowest BCUT2D eigenvalue weighted by atomic mass is 10.2. The molecule has 1 aromatic rings. The van der Waals surface area contributed by atoms with Crippen molar-refractivity contribution in [1.29, 1.82) is 0 Å². The van der Waals surface area contributed by atoms with Gasteiger partial charge in [-0.2, -0.15) is 4.68 Å². The van der Waals surface area contributed by atoms with Crippen molar-refractivity contribution in [2.45, 2.75) is 64.5 Å². The van der Waals surface area contributed by atoms with Crippen molar-refractivity contribution in [3.63, 3.8) is 0 Å². The Kier molecular flexibility index (Phi) is 8.22. The molecule has 0 aliphatic carbocycles. The van der Waals surface area contributed by atoms with E-state index in [1.807, 2.05) is 13.8 Å². The van der Waals surface area contributed by atoms with Gasteiger partial charge in [-0.15, -0.1) is 5.10 Å². The van der Waals surface area contributed by atoms with Gasteiger partial charge in [0.05, 0.1) is 5.75 Å². The van der Waals surface area contributed by atoms with E-state index in [1.165, 1.54) is 6.33 Å². The Morgan fingerprint density at radius 2 is 1.78 bits per heavy atom. The summed E-state index contributed by atoms with van der Waals surface area (Å²) in [5, 5.41) is 3.63. The standard InChI is InChI=1S/C15H28N4O3S/c1-4-7-9-11-18(10-6-3)15(20)19-13-16-14(17-19)23(21,22)12-8-5-2/h13H,4-12H2,1-3H3.